The van der Waals surface area contributed by atoms with Crippen molar-refractivity contribution >= 4 is 17.6 Å². The Kier molecular flexibility index (Phi) is 4.73. The molecule has 0 saturated carbocycles. The first kappa shape index (κ1) is 11.3. The Morgan fingerprint density at radius 3 is 2.86 bits per heavy atom. The summed E-state index contributed by atoms with van der Waals surface area (Å²) in [6.07, 6.45) is 3.17. The lowest BCUT2D eigenvalue weighted by molar-refractivity contribution is 0.941. The molecule has 0 radical (unpaired) electrons. The molecule has 1 rings (SSSR count). The van der Waals surface area contributed by atoms with Crippen molar-refractivity contribution in [3.8, 4) is 0 Å². The van der Waals surface area contributed by atoms with Gasteiger partial charge in [-0.25, -0.2) is 9.97 Å². The predicted molar refractivity (Wildman–Crippen MR) is 62.8 cm³/mol. The van der Waals surface area contributed by atoms with Crippen molar-refractivity contribution in [1.29, 1.82) is 0 Å². The summed E-state index contributed by atoms with van der Waals surface area (Å²) in [7, 11) is 0. The molecule has 4 heteroatoms. The van der Waals surface area contributed by atoms with Gasteiger partial charge in [0.2, 0.25) is 0 Å². The van der Waals surface area contributed by atoms with Crippen molar-refractivity contribution < 1.29 is 0 Å². The fraction of sp³-hybridized carbons (Fsp3) is 0.600. The summed E-state index contributed by atoms with van der Waals surface area (Å²) in [5.74, 6) is 2.74. The highest BCUT2D eigenvalue weighted by atomic mass is 32.2. The Morgan fingerprint density at radius 2 is 2.21 bits per heavy atom. The molecular weight excluding hydrogens is 194 g/mol. The van der Waals surface area contributed by atoms with E-state index in [2.05, 4.69) is 28.5 Å². The Balaban J connectivity index is 2.73. The molecule has 14 heavy (non-hydrogen) atoms. The third-order valence-electron chi connectivity index (χ3n) is 1.73. The van der Waals surface area contributed by atoms with Gasteiger partial charge < -0.3 is 5.32 Å². The summed E-state index contributed by atoms with van der Waals surface area (Å²) in [4.78, 5) is 8.78. The van der Waals surface area contributed by atoms with Crippen LogP contribution in [0.3, 0.4) is 0 Å². The number of aromatic nitrogens is 2. The van der Waals surface area contributed by atoms with Gasteiger partial charge >= 0.3 is 0 Å². The van der Waals surface area contributed by atoms with Gasteiger partial charge in [0, 0.05) is 18.3 Å². The van der Waals surface area contributed by atoms with E-state index in [4.69, 9.17) is 0 Å². The molecule has 0 atom stereocenters. The van der Waals surface area contributed by atoms with Gasteiger partial charge in [-0.2, -0.15) is 11.8 Å². The van der Waals surface area contributed by atoms with Crippen molar-refractivity contribution in [1.82, 2.24) is 9.97 Å². The largest absolute Gasteiger partial charge is 0.370 e. The smallest absolute Gasteiger partial charge is 0.140 e. The molecule has 0 bridgehead atoms. The van der Waals surface area contributed by atoms with Gasteiger partial charge in [-0.3, -0.25) is 0 Å². The average Bonchev–Trinajstić information content (AvgIpc) is 2.14. The fourth-order valence-electron chi connectivity index (χ4n) is 1.17. The van der Waals surface area contributed by atoms with E-state index in [1.807, 2.05) is 13.0 Å². The second-order valence-corrected chi connectivity index (χ2v) is 4.04. The van der Waals surface area contributed by atoms with E-state index in [0.29, 0.717) is 0 Å². The van der Waals surface area contributed by atoms with E-state index in [-0.39, 0.29) is 0 Å². The number of rotatable bonds is 5. The van der Waals surface area contributed by atoms with E-state index >= 15 is 0 Å². The Bertz CT molecular complexity index is 289. The molecular formula is C10H17N3S. The number of nitrogens with zero attached hydrogens (tertiary/aromatic N) is 2. The second kappa shape index (κ2) is 5.86. The van der Waals surface area contributed by atoms with Crippen LogP contribution < -0.4 is 5.32 Å². The topological polar surface area (TPSA) is 37.8 Å². The molecule has 78 valence electrons. The van der Waals surface area contributed by atoms with Gasteiger partial charge in [0.25, 0.3) is 0 Å². The minimum Gasteiger partial charge on any atom is -0.370 e. The first-order chi connectivity index (χ1) is 6.76. The lowest BCUT2D eigenvalue weighted by Gasteiger charge is -2.06. The molecule has 0 aliphatic carbocycles. The molecule has 3 nitrogen and oxygen atoms in total. The van der Waals surface area contributed by atoms with Crippen LogP contribution in [0.25, 0.3) is 0 Å². The minimum atomic E-state index is 0.877. The molecule has 0 fully saturated rings. The molecule has 0 unspecified atom stereocenters. The lowest BCUT2D eigenvalue weighted by Crippen LogP contribution is -2.05. The normalized spacial score (nSPS) is 10.2. The maximum absolute atomic E-state index is 4.42. The van der Waals surface area contributed by atoms with Crippen LogP contribution in [-0.4, -0.2) is 22.8 Å². The van der Waals surface area contributed by atoms with E-state index in [1.54, 1.807) is 11.8 Å². The summed E-state index contributed by atoms with van der Waals surface area (Å²) in [5, 5.41) is 3.27. The summed E-state index contributed by atoms with van der Waals surface area (Å²) in [6, 6.07) is 1.99. The summed E-state index contributed by atoms with van der Waals surface area (Å²) in [5.41, 5.74) is 1.03. The van der Waals surface area contributed by atoms with Gasteiger partial charge in [0.05, 0.1) is 5.75 Å². The van der Waals surface area contributed by atoms with E-state index in [1.165, 1.54) is 0 Å². The van der Waals surface area contributed by atoms with E-state index in [9.17, 15) is 0 Å². The Labute approximate surface area is 89.7 Å². The number of anilines is 1. The molecule has 1 N–H and O–H groups in total. The van der Waals surface area contributed by atoms with Crippen LogP contribution >= 0.6 is 11.8 Å². The first-order valence-electron chi connectivity index (χ1n) is 4.83. The average molecular weight is 211 g/mol. The van der Waals surface area contributed by atoms with Crippen LogP contribution in [0.15, 0.2) is 6.07 Å². The van der Waals surface area contributed by atoms with Gasteiger partial charge in [-0.05, 0) is 19.6 Å². The minimum absolute atomic E-state index is 0.877. The van der Waals surface area contributed by atoms with Crippen LogP contribution in [0.1, 0.15) is 24.9 Å². The predicted octanol–water partition coefficient (Wildman–Crippen LogP) is 2.47. The molecule has 0 spiro atoms. The van der Waals surface area contributed by atoms with Crippen molar-refractivity contribution in [2.45, 2.75) is 26.0 Å². The van der Waals surface area contributed by atoms with Crippen LogP contribution in [0.5, 0.6) is 0 Å². The Morgan fingerprint density at radius 1 is 1.43 bits per heavy atom. The molecule has 1 aromatic rings. The number of aryl methyl sites for hydroxylation is 1. The number of thioether (sulfide) groups is 1. The van der Waals surface area contributed by atoms with Crippen molar-refractivity contribution in [3.63, 3.8) is 0 Å². The molecule has 1 aromatic heterocycles. The lowest BCUT2D eigenvalue weighted by atomic mass is 10.4. The SMILES string of the molecule is CCCNc1cc(C)nc(CSC)n1. The number of hydrogen-bond acceptors (Lipinski definition) is 4. The molecule has 0 aliphatic heterocycles. The molecule has 0 saturated heterocycles. The Hall–Kier alpha value is -0.770. The molecule has 1 heterocycles. The molecule has 0 aromatic carbocycles. The highest BCUT2D eigenvalue weighted by molar-refractivity contribution is 7.97. The van der Waals surface area contributed by atoms with Gasteiger partial charge in [0.15, 0.2) is 0 Å². The van der Waals surface area contributed by atoms with E-state index in [0.717, 1.165) is 36.1 Å². The van der Waals surface area contributed by atoms with Crippen LogP contribution in [0.2, 0.25) is 0 Å². The van der Waals surface area contributed by atoms with E-state index < -0.39 is 0 Å². The summed E-state index contributed by atoms with van der Waals surface area (Å²) >= 11 is 1.74. The third-order valence-corrected chi connectivity index (χ3v) is 2.28. The van der Waals surface area contributed by atoms with Crippen molar-refractivity contribution in [2.75, 3.05) is 18.1 Å². The molecule has 0 amide bonds. The van der Waals surface area contributed by atoms with Crippen molar-refractivity contribution in [2.24, 2.45) is 0 Å². The van der Waals surface area contributed by atoms with Crippen LogP contribution in [-0.2, 0) is 5.75 Å². The number of hydrogen-bond donors (Lipinski definition) is 1. The summed E-state index contributed by atoms with van der Waals surface area (Å²) < 4.78 is 0. The summed E-state index contributed by atoms with van der Waals surface area (Å²) in [6.45, 7) is 5.11. The van der Waals surface area contributed by atoms with Gasteiger partial charge in [-0.15, -0.1) is 0 Å². The second-order valence-electron chi connectivity index (χ2n) is 3.17. The standard InChI is InChI=1S/C10H17N3S/c1-4-5-11-9-6-8(2)12-10(13-9)7-14-3/h6H,4-5,7H2,1-3H3,(H,11,12,13). The first-order valence-corrected chi connectivity index (χ1v) is 6.23. The van der Waals surface area contributed by atoms with Gasteiger partial charge in [-0.1, -0.05) is 6.92 Å². The maximum atomic E-state index is 4.42. The number of nitrogens with one attached hydrogen (secondary N) is 1. The van der Waals surface area contributed by atoms with Crippen molar-refractivity contribution in [3.05, 3.63) is 17.6 Å². The zero-order valence-corrected chi connectivity index (χ0v) is 9.82. The van der Waals surface area contributed by atoms with Crippen LogP contribution in [0.4, 0.5) is 5.82 Å². The quantitative estimate of drug-likeness (QED) is 0.812. The molecule has 0 aliphatic rings. The zero-order valence-electron chi connectivity index (χ0n) is 9.00. The fourth-order valence-corrected chi connectivity index (χ4v) is 1.55. The maximum Gasteiger partial charge on any atom is 0.140 e. The highest BCUT2D eigenvalue weighted by Gasteiger charge is 2.00. The van der Waals surface area contributed by atoms with Gasteiger partial charge in [0.1, 0.15) is 11.6 Å². The third kappa shape index (κ3) is 3.54. The van der Waals surface area contributed by atoms with Crippen LogP contribution in [0, 0.1) is 6.92 Å². The monoisotopic (exact) mass is 211 g/mol. The zero-order chi connectivity index (χ0) is 10.4. The highest BCUT2D eigenvalue weighted by Crippen LogP contribution is 2.10.